The summed E-state index contributed by atoms with van der Waals surface area (Å²) in [6.45, 7) is -0.703. The number of rotatable bonds is 4. The molecule has 120 valence electrons. The fourth-order valence-electron chi connectivity index (χ4n) is 2.71. The molecule has 1 N–H and O–H groups in total. The smallest absolute Gasteiger partial charge is 0.387 e. The summed E-state index contributed by atoms with van der Waals surface area (Å²) in [4.78, 5) is 25.1. The Morgan fingerprint density at radius 1 is 1.32 bits per heavy atom. The number of amides is 1. The van der Waals surface area contributed by atoms with Gasteiger partial charge in [-0.15, -0.1) is 0 Å². The van der Waals surface area contributed by atoms with Gasteiger partial charge in [-0.05, 0) is 24.5 Å². The number of halogens is 2. The Balaban J connectivity index is 2.22. The lowest BCUT2D eigenvalue weighted by Gasteiger charge is -2.35. The van der Waals surface area contributed by atoms with Crippen LogP contribution in [0.15, 0.2) is 24.3 Å². The third-order valence-electron chi connectivity index (χ3n) is 3.63. The van der Waals surface area contributed by atoms with Crippen LogP contribution in [0.25, 0.3) is 0 Å². The van der Waals surface area contributed by atoms with Crippen molar-refractivity contribution in [3.8, 4) is 5.75 Å². The predicted molar refractivity (Wildman–Crippen MR) is 73.9 cm³/mol. The van der Waals surface area contributed by atoms with Gasteiger partial charge in [0.15, 0.2) is 0 Å². The van der Waals surface area contributed by atoms with Gasteiger partial charge in [-0.1, -0.05) is 19.1 Å². The molecule has 0 spiro atoms. The van der Waals surface area contributed by atoms with E-state index >= 15 is 0 Å². The molecule has 5 nitrogen and oxygen atoms in total. The van der Waals surface area contributed by atoms with Crippen molar-refractivity contribution in [3.63, 3.8) is 0 Å². The highest BCUT2D eigenvalue weighted by atomic mass is 19.3. The van der Waals surface area contributed by atoms with Gasteiger partial charge in [-0.2, -0.15) is 8.78 Å². The van der Waals surface area contributed by atoms with Crippen LogP contribution >= 0.6 is 0 Å². The number of piperidine rings is 1. The van der Waals surface area contributed by atoms with E-state index in [-0.39, 0.29) is 23.8 Å². The molecule has 2 unspecified atom stereocenters. The zero-order valence-electron chi connectivity index (χ0n) is 12.0. The Hall–Kier alpha value is -2.18. The van der Waals surface area contributed by atoms with E-state index in [0.717, 1.165) is 0 Å². The molecule has 22 heavy (non-hydrogen) atoms. The SMILES string of the molecule is CC1CC(C(=O)O)CN(C(=O)c2ccccc2OC(F)F)C1. The standard InChI is InChI=1S/C15H17F2NO4/c1-9-6-10(14(20)21)8-18(7-9)13(19)11-4-2-3-5-12(11)22-15(16)17/h2-5,9-10,15H,6-8H2,1H3,(H,20,21). The van der Waals surface area contributed by atoms with Crippen molar-refractivity contribution in [2.45, 2.75) is 20.0 Å². The molecule has 2 atom stereocenters. The Morgan fingerprint density at radius 3 is 2.64 bits per heavy atom. The Bertz CT molecular complexity index is 564. The Labute approximate surface area is 126 Å². The first-order valence-electron chi connectivity index (χ1n) is 6.94. The van der Waals surface area contributed by atoms with Crippen LogP contribution in [0.1, 0.15) is 23.7 Å². The fourth-order valence-corrected chi connectivity index (χ4v) is 2.71. The van der Waals surface area contributed by atoms with Crippen molar-refractivity contribution < 1.29 is 28.2 Å². The molecule has 1 aromatic rings. The van der Waals surface area contributed by atoms with E-state index in [4.69, 9.17) is 5.11 Å². The number of nitrogens with zero attached hydrogens (tertiary/aromatic N) is 1. The molecule has 1 amide bonds. The van der Waals surface area contributed by atoms with E-state index in [1.165, 1.54) is 23.1 Å². The van der Waals surface area contributed by atoms with Crippen molar-refractivity contribution in [3.05, 3.63) is 29.8 Å². The molecule has 0 bridgehead atoms. The number of ether oxygens (including phenoxy) is 1. The number of alkyl halides is 2. The summed E-state index contributed by atoms with van der Waals surface area (Å²) in [5.74, 6) is -2.26. The van der Waals surface area contributed by atoms with Crippen LogP contribution in [-0.4, -0.2) is 41.6 Å². The maximum absolute atomic E-state index is 12.5. The molecule has 1 aliphatic heterocycles. The highest BCUT2D eigenvalue weighted by Gasteiger charge is 2.33. The second kappa shape index (κ2) is 6.72. The van der Waals surface area contributed by atoms with Gasteiger partial charge < -0.3 is 14.7 Å². The largest absolute Gasteiger partial charge is 0.481 e. The van der Waals surface area contributed by atoms with Crippen molar-refractivity contribution in [1.82, 2.24) is 4.90 Å². The first-order valence-corrected chi connectivity index (χ1v) is 6.94. The van der Waals surface area contributed by atoms with Crippen molar-refractivity contribution >= 4 is 11.9 Å². The summed E-state index contributed by atoms with van der Waals surface area (Å²) in [5.41, 5.74) is 0.0149. The van der Waals surface area contributed by atoms with Crippen molar-refractivity contribution in [2.75, 3.05) is 13.1 Å². The van der Waals surface area contributed by atoms with Gasteiger partial charge in [0, 0.05) is 13.1 Å². The second-order valence-electron chi connectivity index (χ2n) is 5.46. The number of carbonyl (C=O) groups excluding carboxylic acids is 1. The molecule has 0 aliphatic carbocycles. The molecule has 1 aromatic carbocycles. The van der Waals surface area contributed by atoms with Crippen LogP contribution in [0.3, 0.4) is 0 Å². The van der Waals surface area contributed by atoms with Crippen LogP contribution < -0.4 is 4.74 Å². The summed E-state index contributed by atoms with van der Waals surface area (Å²) < 4.78 is 29.2. The number of benzene rings is 1. The highest BCUT2D eigenvalue weighted by Crippen LogP contribution is 2.27. The number of para-hydroxylation sites is 1. The van der Waals surface area contributed by atoms with E-state index in [2.05, 4.69) is 4.74 Å². The molecule has 7 heteroatoms. The molecule has 1 aliphatic rings. The molecule has 0 radical (unpaired) electrons. The zero-order valence-corrected chi connectivity index (χ0v) is 12.0. The van der Waals surface area contributed by atoms with Crippen LogP contribution in [0.4, 0.5) is 8.78 Å². The minimum absolute atomic E-state index is 0.0149. The molecule has 1 heterocycles. The first kappa shape index (κ1) is 16.2. The highest BCUT2D eigenvalue weighted by molar-refractivity contribution is 5.97. The van der Waals surface area contributed by atoms with Gasteiger partial charge in [-0.25, -0.2) is 0 Å². The maximum Gasteiger partial charge on any atom is 0.387 e. The third-order valence-corrected chi connectivity index (χ3v) is 3.63. The lowest BCUT2D eigenvalue weighted by atomic mass is 9.90. The molecule has 2 rings (SSSR count). The van der Waals surface area contributed by atoms with Gasteiger partial charge >= 0.3 is 12.6 Å². The first-order chi connectivity index (χ1) is 10.4. The average Bonchev–Trinajstić information content (AvgIpc) is 2.45. The molecule has 1 fully saturated rings. The number of hydrogen-bond donors (Lipinski definition) is 1. The number of likely N-dealkylation sites (tertiary alicyclic amines) is 1. The number of carbonyl (C=O) groups is 2. The Kier molecular flexibility index (Phi) is 4.95. The van der Waals surface area contributed by atoms with Crippen LogP contribution in [0, 0.1) is 11.8 Å². The Morgan fingerprint density at radius 2 is 2.00 bits per heavy atom. The molecule has 0 aromatic heterocycles. The van der Waals surface area contributed by atoms with E-state index < -0.39 is 24.4 Å². The lowest BCUT2D eigenvalue weighted by molar-refractivity contribution is -0.143. The maximum atomic E-state index is 12.5. The van der Waals surface area contributed by atoms with Crippen LogP contribution in [-0.2, 0) is 4.79 Å². The second-order valence-corrected chi connectivity index (χ2v) is 5.46. The van der Waals surface area contributed by atoms with Gasteiger partial charge in [0.2, 0.25) is 0 Å². The third kappa shape index (κ3) is 3.72. The molecular formula is C15H17F2NO4. The van der Waals surface area contributed by atoms with Gasteiger partial charge in [0.1, 0.15) is 5.75 Å². The topological polar surface area (TPSA) is 66.8 Å². The number of aliphatic carboxylic acids is 1. The van der Waals surface area contributed by atoms with Gasteiger partial charge in [0.25, 0.3) is 5.91 Å². The molecular weight excluding hydrogens is 296 g/mol. The quantitative estimate of drug-likeness (QED) is 0.927. The van der Waals surface area contributed by atoms with E-state index in [0.29, 0.717) is 13.0 Å². The van der Waals surface area contributed by atoms with E-state index in [1.54, 1.807) is 6.07 Å². The molecule has 1 saturated heterocycles. The number of carboxylic acid groups (broad SMARTS) is 1. The number of hydrogen-bond acceptors (Lipinski definition) is 3. The molecule has 0 saturated carbocycles. The van der Waals surface area contributed by atoms with Crippen LogP contribution in [0.5, 0.6) is 5.75 Å². The van der Waals surface area contributed by atoms with Crippen molar-refractivity contribution in [1.29, 1.82) is 0 Å². The summed E-state index contributed by atoms with van der Waals surface area (Å²) in [6.07, 6.45) is 0.494. The van der Waals surface area contributed by atoms with Crippen LogP contribution in [0.2, 0.25) is 0 Å². The summed E-state index contributed by atoms with van der Waals surface area (Å²) in [7, 11) is 0. The van der Waals surface area contributed by atoms with E-state index in [1.807, 2.05) is 6.92 Å². The van der Waals surface area contributed by atoms with Gasteiger partial charge in [0.05, 0.1) is 11.5 Å². The van der Waals surface area contributed by atoms with Crippen molar-refractivity contribution in [2.24, 2.45) is 11.8 Å². The van der Waals surface area contributed by atoms with E-state index in [9.17, 15) is 18.4 Å². The average molecular weight is 313 g/mol. The minimum Gasteiger partial charge on any atom is -0.481 e. The minimum atomic E-state index is -3.03. The number of carboxylic acids is 1. The lowest BCUT2D eigenvalue weighted by Crippen LogP contribution is -2.45. The summed E-state index contributed by atoms with van der Waals surface area (Å²) in [5, 5.41) is 9.14. The van der Waals surface area contributed by atoms with Gasteiger partial charge in [-0.3, -0.25) is 9.59 Å². The summed E-state index contributed by atoms with van der Waals surface area (Å²) >= 11 is 0. The predicted octanol–water partition coefficient (Wildman–Crippen LogP) is 2.47. The normalized spacial score (nSPS) is 21.7. The monoisotopic (exact) mass is 313 g/mol. The summed E-state index contributed by atoms with van der Waals surface area (Å²) in [6, 6.07) is 5.73. The zero-order chi connectivity index (χ0) is 16.3. The fraction of sp³-hybridized carbons (Fsp3) is 0.467.